The molecule has 0 aromatic carbocycles. The van der Waals surface area contributed by atoms with Gasteiger partial charge in [0.1, 0.15) is 24.3 Å². The highest BCUT2D eigenvalue weighted by molar-refractivity contribution is 14.1. The Morgan fingerprint density at radius 1 is 1.50 bits per heavy atom. The number of rotatable bonds is 4. The summed E-state index contributed by atoms with van der Waals surface area (Å²) in [5, 5.41) is 11.1. The summed E-state index contributed by atoms with van der Waals surface area (Å²) in [5.41, 5.74) is 0. The maximum Gasteiger partial charge on any atom is 0.142 e. The molecular formula is C9H11IN6. The van der Waals surface area contributed by atoms with E-state index in [1.54, 1.807) is 12.5 Å². The van der Waals surface area contributed by atoms with Crippen molar-refractivity contribution in [3.63, 3.8) is 0 Å². The Labute approximate surface area is 107 Å². The van der Waals surface area contributed by atoms with Crippen LogP contribution in [0.5, 0.6) is 0 Å². The van der Waals surface area contributed by atoms with Gasteiger partial charge in [-0.2, -0.15) is 0 Å². The van der Waals surface area contributed by atoms with Crippen LogP contribution in [0.15, 0.2) is 18.9 Å². The first-order valence-electron chi connectivity index (χ1n) is 4.79. The number of aromatic nitrogens is 5. The van der Waals surface area contributed by atoms with Gasteiger partial charge in [-0.05, 0) is 22.6 Å². The average molecular weight is 330 g/mol. The van der Waals surface area contributed by atoms with Gasteiger partial charge in [0.15, 0.2) is 0 Å². The van der Waals surface area contributed by atoms with E-state index >= 15 is 0 Å². The molecule has 0 bridgehead atoms. The van der Waals surface area contributed by atoms with Crippen molar-refractivity contribution in [1.29, 1.82) is 0 Å². The molecule has 0 atom stereocenters. The molecule has 2 aromatic rings. The second-order valence-corrected chi connectivity index (χ2v) is 4.42. The van der Waals surface area contributed by atoms with Crippen LogP contribution in [0.25, 0.3) is 0 Å². The molecule has 2 rings (SSSR count). The van der Waals surface area contributed by atoms with E-state index in [9.17, 15) is 0 Å². The van der Waals surface area contributed by atoms with E-state index < -0.39 is 0 Å². The number of aryl methyl sites for hydroxylation is 1. The van der Waals surface area contributed by atoms with Gasteiger partial charge in [0.2, 0.25) is 0 Å². The molecule has 2 aromatic heterocycles. The lowest BCUT2D eigenvalue weighted by Crippen LogP contribution is -2.10. The third kappa shape index (κ3) is 2.65. The Hall–Kier alpha value is -1.25. The van der Waals surface area contributed by atoms with Crippen LogP contribution in [0.4, 0.5) is 5.82 Å². The van der Waals surface area contributed by atoms with Crippen molar-refractivity contribution in [3.8, 4) is 0 Å². The fourth-order valence-electron chi connectivity index (χ4n) is 1.27. The Kier molecular flexibility index (Phi) is 3.65. The van der Waals surface area contributed by atoms with E-state index in [1.165, 1.54) is 6.33 Å². The smallest absolute Gasteiger partial charge is 0.142 e. The van der Waals surface area contributed by atoms with Crippen LogP contribution in [-0.2, 0) is 13.5 Å². The minimum absolute atomic E-state index is 0.777. The van der Waals surface area contributed by atoms with Gasteiger partial charge < -0.3 is 9.88 Å². The summed E-state index contributed by atoms with van der Waals surface area (Å²) >= 11 is 2.20. The summed E-state index contributed by atoms with van der Waals surface area (Å²) in [6.45, 7) is 0.777. The third-order valence-corrected chi connectivity index (χ3v) is 2.90. The van der Waals surface area contributed by atoms with Gasteiger partial charge >= 0.3 is 0 Å². The van der Waals surface area contributed by atoms with E-state index in [-0.39, 0.29) is 0 Å². The first-order chi connectivity index (χ1) is 7.77. The molecule has 1 N–H and O–H groups in total. The van der Waals surface area contributed by atoms with Gasteiger partial charge in [0, 0.05) is 26.2 Å². The predicted octanol–water partition coefficient (Wildman–Crippen LogP) is 0.864. The highest BCUT2D eigenvalue weighted by atomic mass is 127. The van der Waals surface area contributed by atoms with Crippen LogP contribution in [0.3, 0.4) is 0 Å². The highest BCUT2D eigenvalue weighted by Crippen LogP contribution is 2.11. The largest absolute Gasteiger partial charge is 0.369 e. The molecule has 0 saturated carbocycles. The first kappa shape index (κ1) is 11.2. The number of nitrogens with zero attached hydrogens (tertiary/aromatic N) is 5. The summed E-state index contributed by atoms with van der Waals surface area (Å²) in [7, 11) is 1.93. The van der Waals surface area contributed by atoms with Crippen LogP contribution in [0.1, 0.15) is 5.82 Å². The summed E-state index contributed by atoms with van der Waals surface area (Å²) in [5.74, 6) is 1.81. The molecule has 0 amide bonds. The zero-order valence-corrected chi connectivity index (χ0v) is 10.9. The second kappa shape index (κ2) is 5.19. The van der Waals surface area contributed by atoms with Crippen molar-refractivity contribution in [3.05, 3.63) is 28.2 Å². The van der Waals surface area contributed by atoms with Crippen molar-refractivity contribution >= 4 is 28.4 Å². The Morgan fingerprint density at radius 2 is 2.38 bits per heavy atom. The molecule has 0 aliphatic rings. The van der Waals surface area contributed by atoms with Crippen molar-refractivity contribution in [1.82, 2.24) is 24.7 Å². The maximum atomic E-state index is 4.15. The van der Waals surface area contributed by atoms with E-state index in [4.69, 9.17) is 0 Å². The molecule has 0 aliphatic heterocycles. The number of hydrogen-bond donors (Lipinski definition) is 1. The third-order valence-electron chi connectivity index (χ3n) is 2.11. The number of hydrogen-bond acceptors (Lipinski definition) is 5. The second-order valence-electron chi connectivity index (χ2n) is 3.25. The van der Waals surface area contributed by atoms with Crippen LogP contribution >= 0.6 is 22.6 Å². The maximum absolute atomic E-state index is 4.15. The van der Waals surface area contributed by atoms with E-state index in [0.717, 1.165) is 28.2 Å². The number of halogens is 1. The topological polar surface area (TPSA) is 68.5 Å². The van der Waals surface area contributed by atoms with E-state index in [0.29, 0.717) is 0 Å². The zero-order valence-electron chi connectivity index (χ0n) is 8.76. The quantitative estimate of drug-likeness (QED) is 0.843. The van der Waals surface area contributed by atoms with Crippen molar-refractivity contribution in [2.75, 3.05) is 11.9 Å². The summed E-state index contributed by atoms with van der Waals surface area (Å²) in [4.78, 5) is 8.08. The van der Waals surface area contributed by atoms with Crippen LogP contribution in [0.2, 0.25) is 0 Å². The molecule has 0 aliphatic carbocycles. The van der Waals surface area contributed by atoms with Gasteiger partial charge in [-0.25, -0.2) is 9.97 Å². The highest BCUT2D eigenvalue weighted by Gasteiger charge is 2.02. The molecule has 16 heavy (non-hydrogen) atoms. The average Bonchev–Trinajstić information content (AvgIpc) is 2.67. The Bertz CT molecular complexity index is 469. The summed E-state index contributed by atoms with van der Waals surface area (Å²) in [6, 6.07) is 0. The minimum atomic E-state index is 0.777. The molecule has 0 spiro atoms. The van der Waals surface area contributed by atoms with Gasteiger partial charge in [0.25, 0.3) is 0 Å². The van der Waals surface area contributed by atoms with Crippen LogP contribution in [-0.4, -0.2) is 31.3 Å². The fraction of sp³-hybridized carbons (Fsp3) is 0.333. The van der Waals surface area contributed by atoms with Gasteiger partial charge in [0.05, 0.1) is 3.57 Å². The SMILES string of the molecule is Cn1cnnc1CCNc1ncncc1I. The van der Waals surface area contributed by atoms with Gasteiger partial charge in [-0.3, -0.25) is 0 Å². The monoisotopic (exact) mass is 330 g/mol. The molecule has 0 radical (unpaired) electrons. The Morgan fingerprint density at radius 3 is 3.06 bits per heavy atom. The molecule has 0 saturated heterocycles. The molecule has 0 unspecified atom stereocenters. The first-order valence-corrected chi connectivity index (χ1v) is 5.87. The van der Waals surface area contributed by atoms with Crippen molar-refractivity contribution in [2.45, 2.75) is 6.42 Å². The van der Waals surface area contributed by atoms with E-state index in [2.05, 4.69) is 48.1 Å². The molecule has 2 heterocycles. The van der Waals surface area contributed by atoms with E-state index in [1.807, 2.05) is 11.6 Å². The van der Waals surface area contributed by atoms with Gasteiger partial charge in [-0.15, -0.1) is 10.2 Å². The van der Waals surface area contributed by atoms with Crippen molar-refractivity contribution in [2.24, 2.45) is 7.05 Å². The molecule has 6 nitrogen and oxygen atoms in total. The number of anilines is 1. The Balaban J connectivity index is 1.89. The summed E-state index contributed by atoms with van der Waals surface area (Å²) in [6.07, 6.45) is 5.82. The van der Waals surface area contributed by atoms with Crippen molar-refractivity contribution < 1.29 is 0 Å². The van der Waals surface area contributed by atoms with Gasteiger partial charge in [-0.1, -0.05) is 0 Å². The minimum Gasteiger partial charge on any atom is -0.369 e. The lowest BCUT2D eigenvalue weighted by molar-refractivity contribution is 0.787. The molecular weight excluding hydrogens is 319 g/mol. The van der Waals surface area contributed by atoms with Crippen LogP contribution < -0.4 is 5.32 Å². The lowest BCUT2D eigenvalue weighted by atomic mass is 10.4. The normalized spacial score (nSPS) is 10.4. The summed E-state index contributed by atoms with van der Waals surface area (Å²) < 4.78 is 2.92. The standard InChI is InChI=1S/C9H11IN6/c1-16-6-14-15-8(16)2-3-12-9-7(10)4-11-5-13-9/h4-6H,2-3H2,1H3,(H,11,12,13). The zero-order chi connectivity index (χ0) is 11.4. The lowest BCUT2D eigenvalue weighted by Gasteiger charge is -2.05. The van der Waals surface area contributed by atoms with Crippen LogP contribution in [0, 0.1) is 3.57 Å². The molecule has 0 fully saturated rings. The fourth-order valence-corrected chi connectivity index (χ4v) is 1.76. The number of nitrogens with one attached hydrogen (secondary N) is 1. The molecule has 7 heteroatoms. The predicted molar refractivity (Wildman–Crippen MR) is 67.9 cm³/mol. The molecule has 84 valence electrons.